The molecule has 0 radical (unpaired) electrons. The fraction of sp³-hybridized carbons (Fsp3) is 0.526. The second-order valence-electron chi connectivity index (χ2n) is 6.34. The molecule has 1 aromatic rings. The summed E-state index contributed by atoms with van der Waals surface area (Å²) in [6, 6.07) is 9.94. The van der Waals surface area contributed by atoms with Crippen molar-refractivity contribution in [2.45, 2.75) is 56.8 Å². The standard InChI is InChI=1S/C19H24O4/c20-18(21)11-7-2-1-6-10-15-16-12-13-17(23-16)19(15)22-14-8-4-3-5-9-14/h1,3-6,8-9,15-17,19H,2,7,10-13H2,(H,20,21)/t15-,16+,17-,19+/m1/s1. The highest BCUT2D eigenvalue weighted by Crippen LogP contribution is 2.42. The Hall–Kier alpha value is -1.81. The fourth-order valence-corrected chi connectivity index (χ4v) is 3.58. The molecule has 2 aliphatic heterocycles. The van der Waals surface area contributed by atoms with Crippen molar-refractivity contribution >= 4 is 5.97 Å². The van der Waals surface area contributed by atoms with Crippen molar-refractivity contribution in [3.63, 3.8) is 0 Å². The molecular formula is C19H24O4. The van der Waals surface area contributed by atoms with Crippen LogP contribution in [0, 0.1) is 5.92 Å². The molecule has 2 fully saturated rings. The lowest BCUT2D eigenvalue weighted by atomic mass is 9.84. The summed E-state index contributed by atoms with van der Waals surface area (Å²) < 4.78 is 12.2. The predicted molar refractivity (Wildman–Crippen MR) is 87.5 cm³/mol. The van der Waals surface area contributed by atoms with Crippen LogP contribution < -0.4 is 4.74 Å². The van der Waals surface area contributed by atoms with E-state index in [-0.39, 0.29) is 18.6 Å². The highest BCUT2D eigenvalue weighted by Gasteiger charge is 2.49. The van der Waals surface area contributed by atoms with E-state index in [1.807, 2.05) is 30.3 Å². The Kier molecular flexibility index (Phi) is 5.34. The molecule has 4 nitrogen and oxygen atoms in total. The summed E-state index contributed by atoms with van der Waals surface area (Å²) >= 11 is 0. The summed E-state index contributed by atoms with van der Waals surface area (Å²) in [6.07, 6.45) is 9.79. The van der Waals surface area contributed by atoms with Gasteiger partial charge in [0.2, 0.25) is 0 Å². The number of allylic oxidation sites excluding steroid dienone is 2. The lowest BCUT2D eigenvalue weighted by molar-refractivity contribution is -0.137. The number of carboxylic acid groups (broad SMARTS) is 1. The molecule has 23 heavy (non-hydrogen) atoms. The van der Waals surface area contributed by atoms with Crippen LogP contribution in [-0.4, -0.2) is 29.4 Å². The van der Waals surface area contributed by atoms with Crippen molar-refractivity contribution in [1.29, 1.82) is 0 Å². The van der Waals surface area contributed by atoms with Crippen LogP contribution in [0.4, 0.5) is 0 Å². The molecule has 2 aliphatic rings. The lowest BCUT2D eigenvalue weighted by Gasteiger charge is -2.27. The zero-order valence-electron chi connectivity index (χ0n) is 13.3. The smallest absolute Gasteiger partial charge is 0.303 e. The van der Waals surface area contributed by atoms with Gasteiger partial charge >= 0.3 is 5.97 Å². The van der Waals surface area contributed by atoms with Gasteiger partial charge in [0, 0.05) is 12.3 Å². The molecule has 0 amide bonds. The normalized spacial score (nSPS) is 29.2. The number of rotatable bonds is 8. The Labute approximate surface area is 137 Å². The number of para-hydroxylation sites is 1. The number of fused-ring (bicyclic) bond motifs is 2. The summed E-state index contributed by atoms with van der Waals surface area (Å²) in [6.45, 7) is 0. The molecule has 2 heterocycles. The minimum absolute atomic E-state index is 0.125. The van der Waals surface area contributed by atoms with Crippen molar-refractivity contribution in [3.05, 3.63) is 42.5 Å². The number of carboxylic acids is 1. The average molecular weight is 316 g/mol. The first kappa shape index (κ1) is 16.1. The Morgan fingerprint density at radius 1 is 1.22 bits per heavy atom. The van der Waals surface area contributed by atoms with Crippen molar-refractivity contribution in [1.82, 2.24) is 0 Å². The van der Waals surface area contributed by atoms with Crippen LogP contribution >= 0.6 is 0 Å². The zero-order valence-corrected chi connectivity index (χ0v) is 13.3. The third-order valence-electron chi connectivity index (χ3n) is 4.70. The van der Waals surface area contributed by atoms with Crippen molar-refractivity contribution in [3.8, 4) is 5.75 Å². The van der Waals surface area contributed by atoms with E-state index < -0.39 is 5.97 Å². The van der Waals surface area contributed by atoms with Crippen LogP contribution in [0.25, 0.3) is 0 Å². The molecule has 4 heteroatoms. The van der Waals surface area contributed by atoms with Crippen LogP contribution in [0.1, 0.15) is 38.5 Å². The highest BCUT2D eigenvalue weighted by molar-refractivity contribution is 5.66. The predicted octanol–water partition coefficient (Wildman–Crippen LogP) is 3.81. The van der Waals surface area contributed by atoms with E-state index in [0.29, 0.717) is 18.4 Å². The van der Waals surface area contributed by atoms with Crippen molar-refractivity contribution in [2.75, 3.05) is 0 Å². The number of unbranched alkanes of at least 4 members (excludes halogenated alkanes) is 1. The van der Waals surface area contributed by atoms with E-state index in [2.05, 4.69) is 12.2 Å². The van der Waals surface area contributed by atoms with Gasteiger partial charge in [-0.1, -0.05) is 30.4 Å². The maximum atomic E-state index is 10.5. The van der Waals surface area contributed by atoms with E-state index in [1.54, 1.807) is 0 Å². The molecule has 0 saturated carbocycles. The van der Waals surface area contributed by atoms with Gasteiger partial charge in [0.25, 0.3) is 0 Å². The summed E-state index contributed by atoms with van der Waals surface area (Å²) in [5, 5.41) is 8.63. The van der Waals surface area contributed by atoms with Crippen LogP contribution in [0.2, 0.25) is 0 Å². The third-order valence-corrected chi connectivity index (χ3v) is 4.70. The van der Waals surface area contributed by atoms with E-state index in [1.165, 1.54) is 0 Å². The van der Waals surface area contributed by atoms with Gasteiger partial charge in [0.1, 0.15) is 11.9 Å². The van der Waals surface area contributed by atoms with Gasteiger partial charge in [-0.15, -0.1) is 0 Å². The van der Waals surface area contributed by atoms with Gasteiger partial charge < -0.3 is 14.6 Å². The van der Waals surface area contributed by atoms with Crippen LogP contribution in [0.5, 0.6) is 5.75 Å². The first-order valence-corrected chi connectivity index (χ1v) is 8.48. The Bertz CT molecular complexity index is 540. The maximum absolute atomic E-state index is 10.5. The first-order chi connectivity index (χ1) is 11.2. The minimum Gasteiger partial charge on any atom is -0.487 e. The molecule has 0 aromatic heterocycles. The molecule has 1 N–H and O–H groups in total. The molecule has 124 valence electrons. The van der Waals surface area contributed by atoms with Gasteiger partial charge in [-0.05, 0) is 44.2 Å². The highest BCUT2D eigenvalue weighted by atomic mass is 16.6. The molecule has 0 unspecified atom stereocenters. The second-order valence-corrected chi connectivity index (χ2v) is 6.34. The number of aliphatic carboxylic acids is 1. The minimum atomic E-state index is -0.726. The van der Waals surface area contributed by atoms with Gasteiger partial charge in [0.05, 0.1) is 12.2 Å². The van der Waals surface area contributed by atoms with Crippen molar-refractivity contribution < 1.29 is 19.4 Å². The van der Waals surface area contributed by atoms with E-state index >= 15 is 0 Å². The quantitative estimate of drug-likeness (QED) is 0.585. The fourth-order valence-electron chi connectivity index (χ4n) is 3.58. The summed E-state index contributed by atoms with van der Waals surface area (Å²) in [7, 11) is 0. The van der Waals surface area contributed by atoms with Gasteiger partial charge in [0.15, 0.2) is 0 Å². The Morgan fingerprint density at radius 2 is 2.00 bits per heavy atom. The second kappa shape index (κ2) is 7.64. The number of ether oxygens (including phenoxy) is 2. The number of hydrogen-bond donors (Lipinski definition) is 1. The van der Waals surface area contributed by atoms with Gasteiger partial charge in [-0.2, -0.15) is 0 Å². The summed E-state index contributed by atoms with van der Waals surface area (Å²) in [4.78, 5) is 10.5. The number of hydrogen-bond acceptors (Lipinski definition) is 3. The van der Waals surface area contributed by atoms with E-state index in [4.69, 9.17) is 14.6 Å². The summed E-state index contributed by atoms with van der Waals surface area (Å²) in [5.74, 6) is 0.574. The van der Waals surface area contributed by atoms with Gasteiger partial charge in [-0.3, -0.25) is 4.79 Å². The van der Waals surface area contributed by atoms with Crippen LogP contribution in [0.3, 0.4) is 0 Å². The Balaban J connectivity index is 1.52. The lowest BCUT2D eigenvalue weighted by Crippen LogP contribution is -2.36. The topological polar surface area (TPSA) is 55.8 Å². The monoisotopic (exact) mass is 316 g/mol. The average Bonchev–Trinajstić information content (AvgIpc) is 3.14. The van der Waals surface area contributed by atoms with Crippen molar-refractivity contribution in [2.24, 2.45) is 5.92 Å². The van der Waals surface area contributed by atoms with E-state index in [0.717, 1.165) is 31.4 Å². The molecule has 0 spiro atoms. The molecule has 2 bridgehead atoms. The Morgan fingerprint density at radius 3 is 2.78 bits per heavy atom. The van der Waals surface area contributed by atoms with E-state index in [9.17, 15) is 4.79 Å². The maximum Gasteiger partial charge on any atom is 0.303 e. The molecular weight excluding hydrogens is 292 g/mol. The first-order valence-electron chi connectivity index (χ1n) is 8.48. The third kappa shape index (κ3) is 4.14. The SMILES string of the molecule is O=C(O)CCCC=CC[C@H]1[C@H](Oc2ccccc2)[C@H]2CC[C@@H]1O2. The van der Waals surface area contributed by atoms with Crippen LogP contribution in [0.15, 0.2) is 42.5 Å². The van der Waals surface area contributed by atoms with Gasteiger partial charge in [-0.25, -0.2) is 0 Å². The molecule has 1 aromatic carbocycles. The zero-order chi connectivity index (χ0) is 16.1. The number of benzene rings is 1. The molecule has 0 aliphatic carbocycles. The molecule has 3 rings (SSSR count). The largest absolute Gasteiger partial charge is 0.487 e. The molecule has 2 saturated heterocycles. The number of carbonyl (C=O) groups is 1. The van der Waals surface area contributed by atoms with Crippen LogP contribution in [-0.2, 0) is 9.53 Å². The summed E-state index contributed by atoms with van der Waals surface area (Å²) in [5.41, 5.74) is 0. The molecule has 4 atom stereocenters.